The van der Waals surface area contributed by atoms with Crippen molar-refractivity contribution in [2.75, 3.05) is 12.7 Å². The van der Waals surface area contributed by atoms with E-state index in [9.17, 15) is 9.36 Å². The molecular formula is C16H20K2NO5P. The Morgan fingerprint density at radius 3 is 2.28 bits per heavy atom. The standard InChI is InChI=1S/C16H18NO5P.2K.2H/c18-16(12-23(19,20)21)17-10-9-13-5-4-8-15(11-13)22-14-6-2-1-3-7-14;;;;/h1-8,11H,9-10,12H2,(H,17,18)(H2,19,20,21);;;;. The predicted molar refractivity (Wildman–Crippen MR) is 101 cm³/mol. The summed E-state index contributed by atoms with van der Waals surface area (Å²) in [4.78, 5) is 28.8. The molecule has 0 bridgehead atoms. The van der Waals surface area contributed by atoms with Gasteiger partial charge in [-0.3, -0.25) is 9.36 Å². The number of ether oxygens (including phenoxy) is 1. The first-order valence-corrected chi connectivity index (χ1v) is 8.85. The van der Waals surface area contributed by atoms with Gasteiger partial charge in [-0.15, -0.1) is 0 Å². The van der Waals surface area contributed by atoms with Crippen molar-refractivity contribution in [3.63, 3.8) is 0 Å². The Balaban J connectivity index is 0.00000288. The van der Waals surface area contributed by atoms with Gasteiger partial charge >= 0.3 is 110 Å². The average molecular weight is 416 g/mol. The maximum atomic E-state index is 11.3. The predicted octanol–water partition coefficient (Wildman–Crippen LogP) is 1.02. The zero-order valence-corrected chi connectivity index (χ0v) is 13.3. The van der Waals surface area contributed by atoms with Gasteiger partial charge in [0.05, 0.1) is 0 Å². The number of carbonyl (C=O) groups is 1. The maximum absolute atomic E-state index is 11.3. The first-order chi connectivity index (χ1) is 10.9. The number of para-hydroxylation sites is 1. The van der Waals surface area contributed by atoms with Crippen LogP contribution in [0.15, 0.2) is 54.6 Å². The summed E-state index contributed by atoms with van der Waals surface area (Å²) in [7, 11) is -4.31. The Kier molecular flexibility index (Phi) is 13.9. The zero-order chi connectivity index (χ0) is 16.7. The quantitative estimate of drug-likeness (QED) is 0.464. The molecule has 0 aliphatic rings. The summed E-state index contributed by atoms with van der Waals surface area (Å²) in [6.07, 6.45) is -0.247. The van der Waals surface area contributed by atoms with E-state index in [2.05, 4.69) is 5.32 Å². The van der Waals surface area contributed by atoms with Crippen molar-refractivity contribution in [1.29, 1.82) is 0 Å². The topological polar surface area (TPSA) is 95.9 Å². The van der Waals surface area contributed by atoms with Crippen LogP contribution < -0.4 is 10.1 Å². The molecule has 0 unspecified atom stereocenters. The van der Waals surface area contributed by atoms with E-state index in [1.807, 2.05) is 54.6 Å². The van der Waals surface area contributed by atoms with Crippen molar-refractivity contribution in [3.05, 3.63) is 60.2 Å². The molecule has 0 spiro atoms. The van der Waals surface area contributed by atoms with Crippen LogP contribution in [-0.2, 0) is 15.8 Å². The number of carbonyl (C=O) groups excluding carboxylic acids is 1. The van der Waals surface area contributed by atoms with E-state index in [1.165, 1.54) is 0 Å². The molecule has 2 rings (SSSR count). The van der Waals surface area contributed by atoms with Gasteiger partial charge in [0.2, 0.25) is 5.91 Å². The summed E-state index contributed by atoms with van der Waals surface area (Å²) in [5.41, 5.74) is 0.954. The molecule has 0 saturated carbocycles. The van der Waals surface area contributed by atoms with E-state index >= 15 is 0 Å². The molecule has 0 aliphatic carbocycles. The monoisotopic (exact) mass is 415 g/mol. The number of hydrogen-bond donors (Lipinski definition) is 3. The van der Waals surface area contributed by atoms with Crippen LogP contribution in [0.4, 0.5) is 0 Å². The second-order valence-corrected chi connectivity index (χ2v) is 6.63. The SMILES string of the molecule is O=C(CP(=O)(O)O)NCCc1cccc(Oc2ccccc2)c1.[KH].[KH]. The minimum absolute atomic E-state index is 0. The molecule has 126 valence electrons. The van der Waals surface area contributed by atoms with Gasteiger partial charge in [0.1, 0.15) is 17.7 Å². The van der Waals surface area contributed by atoms with Crippen LogP contribution in [0.2, 0.25) is 0 Å². The summed E-state index contributed by atoms with van der Waals surface area (Å²) < 4.78 is 16.4. The third-order valence-corrected chi connectivity index (χ3v) is 3.66. The van der Waals surface area contributed by atoms with Crippen molar-refractivity contribution in [2.24, 2.45) is 0 Å². The van der Waals surface area contributed by atoms with Crippen molar-refractivity contribution in [1.82, 2.24) is 5.32 Å². The van der Waals surface area contributed by atoms with Crippen molar-refractivity contribution in [3.8, 4) is 11.5 Å². The average Bonchev–Trinajstić information content (AvgIpc) is 2.47. The van der Waals surface area contributed by atoms with Gasteiger partial charge < -0.3 is 19.8 Å². The molecule has 0 atom stereocenters. The van der Waals surface area contributed by atoms with Gasteiger partial charge in [-0.05, 0) is 36.2 Å². The molecule has 0 aromatic heterocycles. The van der Waals surface area contributed by atoms with E-state index in [1.54, 1.807) is 0 Å². The van der Waals surface area contributed by atoms with Gasteiger partial charge in [0.25, 0.3) is 0 Å². The number of hydrogen-bond acceptors (Lipinski definition) is 3. The summed E-state index contributed by atoms with van der Waals surface area (Å²) in [5.74, 6) is 0.768. The van der Waals surface area contributed by atoms with E-state index in [4.69, 9.17) is 14.5 Å². The van der Waals surface area contributed by atoms with Gasteiger partial charge in [0, 0.05) is 6.54 Å². The Morgan fingerprint density at radius 2 is 1.64 bits per heavy atom. The fourth-order valence-electron chi connectivity index (χ4n) is 1.98. The van der Waals surface area contributed by atoms with Crippen LogP contribution >= 0.6 is 7.60 Å². The normalized spacial score (nSPS) is 10.2. The molecule has 2 aromatic carbocycles. The molecule has 0 aliphatic heterocycles. The molecule has 1 amide bonds. The molecule has 6 nitrogen and oxygen atoms in total. The summed E-state index contributed by atoms with van der Waals surface area (Å²) in [6, 6.07) is 16.8. The number of nitrogens with one attached hydrogen (secondary N) is 1. The van der Waals surface area contributed by atoms with Crippen molar-refractivity contribution < 1.29 is 23.9 Å². The van der Waals surface area contributed by atoms with Gasteiger partial charge in [-0.2, -0.15) is 0 Å². The van der Waals surface area contributed by atoms with Gasteiger partial charge in [0.15, 0.2) is 0 Å². The molecular weight excluding hydrogens is 395 g/mol. The van der Waals surface area contributed by atoms with E-state index in [0.717, 1.165) is 11.3 Å². The minimum atomic E-state index is -4.31. The van der Waals surface area contributed by atoms with Gasteiger partial charge in [-0.25, -0.2) is 0 Å². The summed E-state index contributed by atoms with van der Waals surface area (Å²) >= 11 is 0. The van der Waals surface area contributed by atoms with Crippen LogP contribution in [0.25, 0.3) is 0 Å². The molecule has 0 heterocycles. The fourth-order valence-corrected chi connectivity index (χ4v) is 2.46. The van der Waals surface area contributed by atoms with Crippen LogP contribution in [0.1, 0.15) is 5.56 Å². The molecule has 0 saturated heterocycles. The van der Waals surface area contributed by atoms with E-state index in [0.29, 0.717) is 18.7 Å². The van der Waals surface area contributed by atoms with E-state index in [-0.39, 0.29) is 103 Å². The molecule has 2 aromatic rings. The third-order valence-electron chi connectivity index (χ3n) is 2.96. The number of benzene rings is 2. The molecule has 9 heteroatoms. The Hall–Kier alpha value is 1.13. The van der Waals surface area contributed by atoms with Crippen LogP contribution in [-0.4, -0.2) is 131 Å². The molecule has 0 radical (unpaired) electrons. The van der Waals surface area contributed by atoms with Crippen LogP contribution in [0, 0.1) is 0 Å². The Bertz CT molecular complexity index is 709. The fraction of sp³-hybridized carbons (Fsp3) is 0.188. The van der Waals surface area contributed by atoms with Crippen LogP contribution in [0.3, 0.4) is 0 Å². The summed E-state index contributed by atoms with van der Waals surface area (Å²) in [5, 5.41) is 2.48. The summed E-state index contributed by atoms with van der Waals surface area (Å²) in [6.45, 7) is 0.299. The number of amides is 1. The molecule has 3 N–H and O–H groups in total. The van der Waals surface area contributed by atoms with E-state index < -0.39 is 19.7 Å². The Morgan fingerprint density at radius 1 is 1.00 bits per heavy atom. The first kappa shape index (κ1) is 26.1. The van der Waals surface area contributed by atoms with Crippen molar-refractivity contribution >= 4 is 116 Å². The van der Waals surface area contributed by atoms with Gasteiger partial charge in [-0.1, -0.05) is 30.3 Å². The van der Waals surface area contributed by atoms with Crippen molar-refractivity contribution in [2.45, 2.75) is 6.42 Å². The zero-order valence-electron chi connectivity index (χ0n) is 12.4. The van der Waals surface area contributed by atoms with Crippen LogP contribution in [0.5, 0.6) is 11.5 Å². The molecule has 0 fully saturated rings. The number of rotatable bonds is 7. The second-order valence-electron chi connectivity index (χ2n) is 4.99. The Labute approximate surface area is 232 Å². The second kappa shape index (κ2) is 13.3. The first-order valence-electron chi connectivity index (χ1n) is 7.05. The molecule has 25 heavy (non-hydrogen) atoms. The third kappa shape index (κ3) is 11.5.